The molecule has 0 fully saturated rings. The van der Waals surface area contributed by atoms with Gasteiger partial charge in [0.1, 0.15) is 0 Å². The molecule has 0 bridgehead atoms. The predicted octanol–water partition coefficient (Wildman–Crippen LogP) is 0.456. The number of nitrogens with one attached hydrogen (secondary N) is 2. The van der Waals surface area contributed by atoms with Crippen LogP contribution in [0.25, 0.3) is 0 Å². The van der Waals surface area contributed by atoms with Crippen molar-refractivity contribution >= 4 is 17.7 Å². The van der Waals surface area contributed by atoms with Gasteiger partial charge in [-0.2, -0.15) is 4.98 Å². The fourth-order valence-corrected chi connectivity index (χ4v) is 1.52. The third-order valence-electron chi connectivity index (χ3n) is 2.45. The van der Waals surface area contributed by atoms with Crippen LogP contribution in [0.15, 0.2) is 29.2 Å². The van der Waals surface area contributed by atoms with Gasteiger partial charge in [-0.25, -0.2) is 4.79 Å². The quantitative estimate of drug-likeness (QED) is 0.704. The molecule has 0 saturated carbocycles. The maximum atomic E-state index is 11.6. The molecule has 2 aromatic heterocycles. The van der Waals surface area contributed by atoms with Gasteiger partial charge in [-0.05, 0) is 12.1 Å². The maximum absolute atomic E-state index is 11.6. The number of aliphatic carboxylic acids is 1. The van der Waals surface area contributed by atoms with Crippen LogP contribution in [0.1, 0.15) is 11.6 Å². The van der Waals surface area contributed by atoms with Gasteiger partial charge < -0.3 is 20.3 Å². The fraction of sp³-hybridized carbons (Fsp3) is 0.250. The number of rotatable bonds is 6. The minimum atomic E-state index is -0.957. The molecule has 0 aliphatic rings. The standard InChI is InChI=1S/C12H13N5O4/c18-11(19)5-8-1-2-9(6-14-8)17-12(20)13-4-3-10-15-7-16-21-10/h1-2,6-7H,3-5H2,(H,18,19)(H2,13,17,20). The highest BCUT2D eigenvalue weighted by molar-refractivity contribution is 5.89. The number of carbonyl (C=O) groups excluding carboxylic acids is 1. The van der Waals surface area contributed by atoms with Gasteiger partial charge in [0.2, 0.25) is 5.89 Å². The first-order chi connectivity index (χ1) is 10.1. The Morgan fingerprint density at radius 1 is 1.29 bits per heavy atom. The lowest BCUT2D eigenvalue weighted by molar-refractivity contribution is -0.136. The van der Waals surface area contributed by atoms with Gasteiger partial charge in [0, 0.05) is 13.0 Å². The molecule has 0 radical (unpaired) electrons. The van der Waals surface area contributed by atoms with Gasteiger partial charge in [0.05, 0.1) is 24.0 Å². The van der Waals surface area contributed by atoms with Gasteiger partial charge in [-0.1, -0.05) is 5.16 Å². The zero-order valence-corrected chi connectivity index (χ0v) is 10.9. The molecule has 0 aliphatic heterocycles. The third kappa shape index (κ3) is 4.90. The molecule has 0 atom stereocenters. The molecule has 9 heteroatoms. The third-order valence-corrected chi connectivity index (χ3v) is 2.45. The van der Waals surface area contributed by atoms with E-state index in [0.717, 1.165) is 0 Å². The van der Waals surface area contributed by atoms with E-state index in [1.54, 1.807) is 12.1 Å². The smallest absolute Gasteiger partial charge is 0.319 e. The van der Waals surface area contributed by atoms with Crippen molar-refractivity contribution in [3.8, 4) is 0 Å². The predicted molar refractivity (Wildman–Crippen MR) is 70.6 cm³/mol. The minimum Gasteiger partial charge on any atom is -0.481 e. The molecule has 3 N–H and O–H groups in total. The highest BCUT2D eigenvalue weighted by Crippen LogP contribution is 2.06. The Morgan fingerprint density at radius 3 is 2.76 bits per heavy atom. The topological polar surface area (TPSA) is 130 Å². The van der Waals surface area contributed by atoms with Crippen LogP contribution < -0.4 is 10.6 Å². The highest BCUT2D eigenvalue weighted by atomic mass is 16.5. The Balaban J connectivity index is 1.75. The number of carboxylic acid groups (broad SMARTS) is 1. The van der Waals surface area contributed by atoms with Crippen molar-refractivity contribution in [2.24, 2.45) is 0 Å². The zero-order chi connectivity index (χ0) is 15.1. The Bertz CT molecular complexity index is 597. The van der Waals surface area contributed by atoms with Crippen LogP contribution in [0.5, 0.6) is 0 Å². The number of aromatic nitrogens is 3. The maximum Gasteiger partial charge on any atom is 0.319 e. The van der Waals surface area contributed by atoms with E-state index in [-0.39, 0.29) is 6.42 Å². The second-order valence-electron chi connectivity index (χ2n) is 4.07. The summed E-state index contributed by atoms with van der Waals surface area (Å²) in [7, 11) is 0. The molecule has 2 rings (SSSR count). The highest BCUT2D eigenvalue weighted by Gasteiger charge is 2.05. The molecule has 2 aromatic rings. The zero-order valence-electron chi connectivity index (χ0n) is 10.9. The molecule has 0 unspecified atom stereocenters. The van der Waals surface area contributed by atoms with E-state index in [2.05, 4.69) is 25.8 Å². The summed E-state index contributed by atoms with van der Waals surface area (Å²) >= 11 is 0. The van der Waals surface area contributed by atoms with Crippen LogP contribution in [-0.2, 0) is 17.6 Å². The molecule has 0 aliphatic carbocycles. The Labute approximate surface area is 119 Å². The van der Waals surface area contributed by atoms with Gasteiger partial charge >= 0.3 is 12.0 Å². The van der Waals surface area contributed by atoms with Crippen LogP contribution in [-0.4, -0.2) is 38.8 Å². The van der Waals surface area contributed by atoms with Crippen molar-refractivity contribution < 1.29 is 19.2 Å². The Hall–Kier alpha value is -2.97. The van der Waals surface area contributed by atoms with E-state index < -0.39 is 12.0 Å². The summed E-state index contributed by atoms with van der Waals surface area (Å²) in [6.07, 6.45) is 2.97. The molecule has 2 amide bonds. The second kappa shape index (κ2) is 6.98. The molecule has 0 spiro atoms. The average molecular weight is 291 g/mol. The molecule has 2 heterocycles. The number of urea groups is 1. The van der Waals surface area contributed by atoms with E-state index in [1.807, 2.05) is 0 Å². The number of carboxylic acids is 1. The summed E-state index contributed by atoms with van der Waals surface area (Å²) in [5, 5.41) is 17.3. The van der Waals surface area contributed by atoms with Crippen molar-refractivity contribution in [3.63, 3.8) is 0 Å². The summed E-state index contributed by atoms with van der Waals surface area (Å²) in [4.78, 5) is 29.9. The number of anilines is 1. The van der Waals surface area contributed by atoms with Gasteiger partial charge in [0.25, 0.3) is 0 Å². The second-order valence-corrected chi connectivity index (χ2v) is 4.07. The minimum absolute atomic E-state index is 0.156. The van der Waals surface area contributed by atoms with Crippen LogP contribution in [0.3, 0.4) is 0 Å². The van der Waals surface area contributed by atoms with E-state index in [4.69, 9.17) is 9.63 Å². The monoisotopic (exact) mass is 291 g/mol. The van der Waals surface area contributed by atoms with Crippen LogP contribution in [0.2, 0.25) is 0 Å². The normalized spacial score (nSPS) is 10.1. The van der Waals surface area contributed by atoms with Crippen molar-refractivity contribution in [2.75, 3.05) is 11.9 Å². The lowest BCUT2D eigenvalue weighted by Gasteiger charge is -2.06. The van der Waals surface area contributed by atoms with Crippen molar-refractivity contribution in [3.05, 3.63) is 36.2 Å². The fourth-order valence-electron chi connectivity index (χ4n) is 1.52. The number of nitrogens with zero attached hydrogens (tertiary/aromatic N) is 3. The first-order valence-corrected chi connectivity index (χ1v) is 6.10. The Morgan fingerprint density at radius 2 is 2.14 bits per heavy atom. The van der Waals surface area contributed by atoms with Crippen molar-refractivity contribution in [1.29, 1.82) is 0 Å². The first kappa shape index (κ1) is 14.4. The van der Waals surface area contributed by atoms with Gasteiger partial charge in [-0.15, -0.1) is 0 Å². The SMILES string of the molecule is O=C(O)Cc1ccc(NC(=O)NCCc2ncno2)cn1. The number of hydrogen-bond donors (Lipinski definition) is 3. The number of hydrogen-bond acceptors (Lipinski definition) is 6. The van der Waals surface area contributed by atoms with Gasteiger partial charge in [0.15, 0.2) is 6.33 Å². The summed E-state index contributed by atoms with van der Waals surface area (Å²) in [6.45, 7) is 0.346. The Kier molecular flexibility index (Phi) is 4.80. The van der Waals surface area contributed by atoms with E-state index in [1.165, 1.54) is 12.5 Å². The summed E-state index contributed by atoms with van der Waals surface area (Å²) < 4.78 is 4.79. The lowest BCUT2D eigenvalue weighted by atomic mass is 10.2. The van der Waals surface area contributed by atoms with Crippen molar-refractivity contribution in [1.82, 2.24) is 20.4 Å². The molecule has 110 valence electrons. The summed E-state index contributed by atoms with van der Waals surface area (Å²) in [5.41, 5.74) is 0.893. The molecular formula is C12H13N5O4. The van der Waals surface area contributed by atoms with E-state index in [0.29, 0.717) is 30.2 Å². The molecule has 0 aromatic carbocycles. The summed E-state index contributed by atoms with van der Waals surface area (Å²) in [5.74, 6) is -0.517. The largest absolute Gasteiger partial charge is 0.481 e. The summed E-state index contributed by atoms with van der Waals surface area (Å²) in [6, 6.07) is 2.73. The van der Waals surface area contributed by atoms with E-state index in [9.17, 15) is 9.59 Å². The molecule has 0 saturated heterocycles. The van der Waals surface area contributed by atoms with E-state index >= 15 is 0 Å². The lowest BCUT2D eigenvalue weighted by Crippen LogP contribution is -2.30. The number of amides is 2. The number of pyridine rings is 1. The molecular weight excluding hydrogens is 278 g/mol. The van der Waals surface area contributed by atoms with Crippen LogP contribution >= 0.6 is 0 Å². The molecule has 21 heavy (non-hydrogen) atoms. The van der Waals surface area contributed by atoms with Crippen LogP contribution in [0, 0.1) is 0 Å². The van der Waals surface area contributed by atoms with Gasteiger partial charge in [-0.3, -0.25) is 9.78 Å². The molecule has 9 nitrogen and oxygen atoms in total. The van der Waals surface area contributed by atoms with Crippen LogP contribution in [0.4, 0.5) is 10.5 Å². The number of carbonyl (C=O) groups is 2. The average Bonchev–Trinajstić information content (AvgIpc) is 2.93. The van der Waals surface area contributed by atoms with Crippen molar-refractivity contribution in [2.45, 2.75) is 12.8 Å². The first-order valence-electron chi connectivity index (χ1n) is 6.10.